The average Bonchev–Trinajstić information content (AvgIpc) is 3.85. The Balaban J connectivity index is 1.25. The van der Waals surface area contributed by atoms with Crippen molar-refractivity contribution in [1.29, 1.82) is 0 Å². The lowest BCUT2D eigenvalue weighted by atomic mass is 10.0. The molecule has 5 nitrogen and oxygen atoms in total. The van der Waals surface area contributed by atoms with Gasteiger partial charge in [0.2, 0.25) is 5.95 Å². The lowest BCUT2D eigenvalue weighted by Gasteiger charge is -2.14. The molecule has 10 rings (SSSR count). The summed E-state index contributed by atoms with van der Waals surface area (Å²) in [5.41, 5.74) is 5.60. The van der Waals surface area contributed by atoms with E-state index < -0.39 is 24.2 Å². The molecule has 0 aliphatic carbocycles. The van der Waals surface area contributed by atoms with Crippen LogP contribution in [-0.4, -0.2) is 19.1 Å². The van der Waals surface area contributed by atoms with Gasteiger partial charge in [0.25, 0.3) is 0 Å². The fraction of sp³-hybridized carbons (Fsp3) is 0. The van der Waals surface area contributed by atoms with Gasteiger partial charge in [-0.1, -0.05) is 96.9 Å². The van der Waals surface area contributed by atoms with Crippen molar-refractivity contribution in [3.63, 3.8) is 0 Å². The van der Waals surface area contributed by atoms with Gasteiger partial charge in [0, 0.05) is 32.5 Å². The van der Waals surface area contributed by atoms with E-state index in [9.17, 15) is 0 Å². The van der Waals surface area contributed by atoms with E-state index in [2.05, 4.69) is 12.1 Å². The minimum atomic E-state index is -0.484. The van der Waals surface area contributed by atoms with Crippen LogP contribution in [0.2, 0.25) is 0 Å². The predicted octanol–water partition coefficient (Wildman–Crippen LogP) is 10.2. The first kappa shape index (κ1) is 17.8. The zero-order valence-electron chi connectivity index (χ0n) is 31.4. The molecule has 0 spiro atoms. The summed E-state index contributed by atoms with van der Waals surface area (Å²) in [5.74, 6) is 0.483. The third-order valence-corrected chi connectivity index (χ3v) is 8.47. The predicted molar refractivity (Wildman–Crippen MR) is 183 cm³/mol. The van der Waals surface area contributed by atoms with Crippen LogP contribution < -0.4 is 0 Å². The molecule has 0 aliphatic heterocycles. The van der Waals surface area contributed by atoms with Crippen molar-refractivity contribution in [3.05, 3.63) is 146 Å². The third kappa shape index (κ3) is 3.43. The second-order valence-electron chi connectivity index (χ2n) is 10.9. The van der Waals surface area contributed by atoms with Crippen LogP contribution in [0.25, 0.3) is 88.4 Å². The largest absolute Gasteiger partial charge is 0.453 e. The number of furan rings is 1. The lowest BCUT2D eigenvalue weighted by Crippen LogP contribution is -2.00. The molecule has 210 valence electrons. The Labute approximate surface area is 268 Å². The highest BCUT2D eigenvalue weighted by Gasteiger charge is 2.19. The molecule has 0 unspecified atom stereocenters. The van der Waals surface area contributed by atoms with Crippen molar-refractivity contribution in [2.75, 3.05) is 0 Å². The number of hydrogen-bond acceptors (Lipinski definition) is 3. The van der Waals surface area contributed by atoms with E-state index in [0.717, 1.165) is 32.8 Å². The van der Waals surface area contributed by atoms with Crippen LogP contribution in [0, 0.1) is 0 Å². The molecular formula is C40H24N4O. The number of rotatable bonds is 3. The molecule has 4 aromatic heterocycles. The fourth-order valence-electron chi connectivity index (χ4n) is 6.54. The first-order valence-electron chi connectivity index (χ1n) is 18.4. The van der Waals surface area contributed by atoms with E-state index in [1.165, 1.54) is 4.57 Å². The zero-order valence-corrected chi connectivity index (χ0v) is 23.4. The van der Waals surface area contributed by atoms with E-state index in [0.29, 0.717) is 33.9 Å². The molecular weight excluding hydrogens is 552 g/mol. The molecule has 0 saturated heterocycles. The van der Waals surface area contributed by atoms with E-state index in [4.69, 9.17) is 25.4 Å². The van der Waals surface area contributed by atoms with Gasteiger partial charge in [0.1, 0.15) is 11.1 Å². The summed E-state index contributed by atoms with van der Waals surface area (Å²) < 4.78 is 79.2. The average molecular weight is 585 g/mol. The minimum absolute atomic E-state index is 0.0263. The number of aromatic nitrogens is 4. The molecule has 0 atom stereocenters. The Kier molecular flexibility index (Phi) is 3.62. The molecule has 0 amide bonds. The van der Waals surface area contributed by atoms with Crippen molar-refractivity contribution in [1.82, 2.24) is 19.1 Å². The molecule has 0 saturated carbocycles. The van der Waals surface area contributed by atoms with Gasteiger partial charge in [-0.2, -0.15) is 0 Å². The Bertz CT molecular complexity index is 3110. The van der Waals surface area contributed by atoms with Crippen LogP contribution >= 0.6 is 0 Å². The van der Waals surface area contributed by atoms with Crippen molar-refractivity contribution in [2.24, 2.45) is 0 Å². The van der Waals surface area contributed by atoms with Crippen LogP contribution in [0.5, 0.6) is 0 Å². The summed E-state index contributed by atoms with van der Waals surface area (Å²) in [6, 6.07) is 25.8. The number of benzene rings is 6. The maximum Gasteiger partial charge on any atom is 0.235 e. The van der Waals surface area contributed by atoms with E-state index in [-0.39, 0.29) is 46.0 Å². The number of para-hydroxylation sites is 5. The summed E-state index contributed by atoms with van der Waals surface area (Å²) in [6.07, 6.45) is 1.67. The summed E-state index contributed by atoms with van der Waals surface area (Å²) in [7, 11) is 0. The number of nitrogens with zero attached hydrogens (tertiary/aromatic N) is 4. The van der Waals surface area contributed by atoms with Crippen LogP contribution in [0.1, 0.15) is 11.0 Å². The summed E-state index contributed by atoms with van der Waals surface area (Å²) in [6.45, 7) is 0. The van der Waals surface area contributed by atoms with Gasteiger partial charge in [0.15, 0.2) is 5.58 Å². The maximum absolute atomic E-state index is 8.97. The van der Waals surface area contributed by atoms with E-state index in [1.54, 1.807) is 18.3 Å². The van der Waals surface area contributed by atoms with Gasteiger partial charge in [-0.05, 0) is 48.0 Å². The Morgan fingerprint density at radius 3 is 1.93 bits per heavy atom. The fourth-order valence-corrected chi connectivity index (χ4v) is 6.54. The molecule has 0 aliphatic rings. The summed E-state index contributed by atoms with van der Waals surface area (Å²) in [5, 5.41) is 2.95. The van der Waals surface area contributed by atoms with Crippen LogP contribution in [0.15, 0.2) is 150 Å². The Hall–Kier alpha value is -6.20. The van der Waals surface area contributed by atoms with Crippen molar-refractivity contribution < 1.29 is 15.4 Å². The SMILES string of the molecule is [2H]c1c([2H])c([2H])c2c(c1[2H])c1c([2H])c([2H])c([2H])c([2H])c1n2-c1ccccc1-c1ccc2oc3cnc(-n4c5ccccc5c5ccccc54)nc3c2c1. The minimum Gasteiger partial charge on any atom is -0.453 e. The van der Waals surface area contributed by atoms with Gasteiger partial charge < -0.3 is 8.98 Å². The highest BCUT2D eigenvalue weighted by molar-refractivity contribution is 6.11. The summed E-state index contributed by atoms with van der Waals surface area (Å²) >= 11 is 0. The number of fused-ring (bicyclic) bond motifs is 9. The molecule has 6 aromatic carbocycles. The van der Waals surface area contributed by atoms with Crippen molar-refractivity contribution in [2.45, 2.75) is 0 Å². The van der Waals surface area contributed by atoms with Gasteiger partial charge in [-0.25, -0.2) is 9.97 Å². The Morgan fingerprint density at radius 1 is 0.556 bits per heavy atom. The molecule has 0 radical (unpaired) electrons. The number of hydrogen-bond donors (Lipinski definition) is 0. The first-order chi connectivity index (χ1) is 25.7. The second kappa shape index (κ2) is 9.15. The quantitative estimate of drug-likeness (QED) is 0.208. The first-order valence-corrected chi connectivity index (χ1v) is 14.4. The van der Waals surface area contributed by atoms with E-state index in [1.807, 2.05) is 71.3 Å². The summed E-state index contributed by atoms with van der Waals surface area (Å²) in [4.78, 5) is 9.78. The monoisotopic (exact) mass is 584 g/mol. The maximum atomic E-state index is 8.97. The van der Waals surface area contributed by atoms with Gasteiger partial charge in [-0.3, -0.25) is 4.57 Å². The third-order valence-electron chi connectivity index (χ3n) is 8.47. The topological polar surface area (TPSA) is 48.8 Å². The van der Waals surface area contributed by atoms with Crippen LogP contribution in [0.3, 0.4) is 0 Å². The second-order valence-corrected chi connectivity index (χ2v) is 10.9. The molecule has 10 aromatic rings. The van der Waals surface area contributed by atoms with Crippen LogP contribution in [-0.2, 0) is 0 Å². The Morgan fingerprint density at radius 2 is 1.20 bits per heavy atom. The van der Waals surface area contributed by atoms with Gasteiger partial charge in [-0.15, -0.1) is 0 Å². The van der Waals surface area contributed by atoms with E-state index >= 15 is 0 Å². The highest BCUT2D eigenvalue weighted by atomic mass is 16.3. The van der Waals surface area contributed by atoms with Gasteiger partial charge >= 0.3 is 0 Å². The van der Waals surface area contributed by atoms with Crippen molar-refractivity contribution >= 4 is 65.7 Å². The molecule has 0 fully saturated rings. The van der Waals surface area contributed by atoms with Gasteiger partial charge in [0.05, 0.1) is 44.9 Å². The molecule has 5 heteroatoms. The standard InChI is InChI=1S/C40H24N4O/c1-6-16-32(43-33-17-7-2-12-27(33)28-13-3-8-18-34(28)43)26(11-1)25-21-22-37-31(23-25)39-38(45-37)24-41-40(42-39)44-35-19-9-4-14-29(35)30-15-5-10-20-36(30)44/h1-24H/i2D,3D,7D,8D,12D,13D,17D,18D. The van der Waals surface area contributed by atoms with Crippen molar-refractivity contribution in [3.8, 4) is 22.8 Å². The molecule has 4 heterocycles. The zero-order chi connectivity index (χ0) is 36.4. The molecule has 0 N–H and O–H groups in total. The highest BCUT2D eigenvalue weighted by Crippen LogP contribution is 2.38. The normalized spacial score (nSPS) is 14.5. The molecule has 45 heavy (non-hydrogen) atoms. The lowest BCUT2D eigenvalue weighted by molar-refractivity contribution is 0.665. The van der Waals surface area contributed by atoms with Crippen LogP contribution in [0.4, 0.5) is 0 Å². The smallest absolute Gasteiger partial charge is 0.235 e. The molecule has 0 bridgehead atoms.